The first-order valence-corrected chi connectivity index (χ1v) is 7.87. The molecule has 1 fully saturated rings. The van der Waals surface area contributed by atoms with Gasteiger partial charge in [0.05, 0.1) is 0 Å². The molecule has 0 saturated carbocycles. The molecule has 1 heterocycles. The first kappa shape index (κ1) is 16.0. The second-order valence-electron chi connectivity index (χ2n) is 6.25. The van der Waals surface area contributed by atoms with Crippen molar-refractivity contribution in [3.8, 4) is 0 Å². The molecule has 1 aromatic carbocycles. The van der Waals surface area contributed by atoms with Crippen LogP contribution in [0.25, 0.3) is 0 Å². The molecule has 2 rings (SSSR count). The molecule has 0 bridgehead atoms. The molecule has 0 aliphatic carbocycles. The van der Waals surface area contributed by atoms with Crippen LogP contribution in [0.3, 0.4) is 0 Å². The number of nitrogens with zero attached hydrogens (tertiary/aromatic N) is 1. The van der Waals surface area contributed by atoms with Crippen LogP contribution in [0, 0.1) is 0 Å². The van der Waals surface area contributed by atoms with Crippen LogP contribution in [-0.4, -0.2) is 42.5 Å². The summed E-state index contributed by atoms with van der Waals surface area (Å²) < 4.78 is 0. The molecular formula is C17H27N3O. The lowest BCUT2D eigenvalue weighted by Crippen LogP contribution is -2.59. The Labute approximate surface area is 127 Å². The van der Waals surface area contributed by atoms with Crippen molar-refractivity contribution < 1.29 is 4.79 Å². The summed E-state index contributed by atoms with van der Waals surface area (Å²) >= 11 is 0. The Bertz CT molecular complexity index is 462. The molecule has 2 unspecified atom stereocenters. The van der Waals surface area contributed by atoms with Gasteiger partial charge >= 0.3 is 0 Å². The zero-order valence-electron chi connectivity index (χ0n) is 13.1. The van der Waals surface area contributed by atoms with E-state index in [1.54, 1.807) is 0 Å². The van der Waals surface area contributed by atoms with E-state index in [1.807, 2.05) is 6.92 Å². The molecule has 1 aromatic rings. The number of nitrogens with one attached hydrogen (secondary N) is 1. The highest BCUT2D eigenvalue weighted by Crippen LogP contribution is 2.27. The zero-order chi connectivity index (χ0) is 15.3. The van der Waals surface area contributed by atoms with E-state index in [9.17, 15) is 4.79 Å². The minimum absolute atomic E-state index is 0.265. The van der Waals surface area contributed by atoms with Crippen LogP contribution in [0.15, 0.2) is 30.3 Å². The van der Waals surface area contributed by atoms with E-state index in [0.717, 1.165) is 32.5 Å². The van der Waals surface area contributed by atoms with Crippen LogP contribution in [0.1, 0.15) is 38.2 Å². The Hall–Kier alpha value is -1.39. The Balaban J connectivity index is 1.96. The fraction of sp³-hybridized carbons (Fsp3) is 0.588. The van der Waals surface area contributed by atoms with E-state index in [1.165, 1.54) is 5.56 Å². The van der Waals surface area contributed by atoms with Gasteiger partial charge < -0.3 is 16.0 Å². The Morgan fingerprint density at radius 3 is 2.76 bits per heavy atom. The number of hydrogen-bond donors (Lipinski definition) is 2. The summed E-state index contributed by atoms with van der Waals surface area (Å²) in [4.78, 5) is 14.2. The van der Waals surface area contributed by atoms with E-state index in [-0.39, 0.29) is 5.91 Å². The number of hydrogen-bond acceptors (Lipinski definition) is 3. The van der Waals surface area contributed by atoms with Crippen LogP contribution >= 0.6 is 0 Å². The van der Waals surface area contributed by atoms with Gasteiger partial charge in [0, 0.05) is 13.1 Å². The van der Waals surface area contributed by atoms with Crippen LogP contribution in [-0.2, 0) is 4.79 Å². The molecule has 2 atom stereocenters. The maximum atomic E-state index is 11.8. The SMILES string of the molecule is CCCNC(C)(CN1CCC(c2ccccc2)C1)C(N)=O. The minimum atomic E-state index is -0.637. The van der Waals surface area contributed by atoms with Crippen molar-refractivity contribution in [2.24, 2.45) is 5.73 Å². The van der Waals surface area contributed by atoms with Crippen molar-refractivity contribution in [3.63, 3.8) is 0 Å². The number of nitrogens with two attached hydrogens (primary N) is 1. The summed E-state index contributed by atoms with van der Waals surface area (Å²) in [6, 6.07) is 10.6. The smallest absolute Gasteiger partial charge is 0.238 e. The molecule has 0 radical (unpaired) electrons. The summed E-state index contributed by atoms with van der Waals surface area (Å²) in [6.07, 6.45) is 2.14. The minimum Gasteiger partial charge on any atom is -0.368 e. The Kier molecular flexibility index (Phi) is 5.37. The fourth-order valence-electron chi connectivity index (χ4n) is 3.04. The van der Waals surface area contributed by atoms with Crippen molar-refractivity contribution in [2.75, 3.05) is 26.2 Å². The summed E-state index contributed by atoms with van der Waals surface area (Å²) in [6.45, 7) is 7.54. The maximum absolute atomic E-state index is 11.8. The number of rotatable bonds is 7. The summed E-state index contributed by atoms with van der Waals surface area (Å²) in [5.74, 6) is 0.300. The molecule has 0 spiro atoms. The van der Waals surface area contributed by atoms with Gasteiger partial charge in [0.1, 0.15) is 5.54 Å². The highest BCUT2D eigenvalue weighted by Gasteiger charge is 2.35. The molecule has 21 heavy (non-hydrogen) atoms. The summed E-state index contributed by atoms with van der Waals surface area (Å²) in [5.41, 5.74) is 6.36. The topological polar surface area (TPSA) is 58.4 Å². The largest absolute Gasteiger partial charge is 0.368 e. The quantitative estimate of drug-likeness (QED) is 0.803. The van der Waals surface area contributed by atoms with Crippen molar-refractivity contribution in [3.05, 3.63) is 35.9 Å². The third-order valence-electron chi connectivity index (χ3n) is 4.39. The second-order valence-corrected chi connectivity index (χ2v) is 6.25. The van der Waals surface area contributed by atoms with Crippen LogP contribution in [0.2, 0.25) is 0 Å². The number of likely N-dealkylation sites (tertiary alicyclic amines) is 1. The number of carbonyl (C=O) groups excluding carboxylic acids is 1. The van der Waals surface area contributed by atoms with Gasteiger partial charge in [-0.25, -0.2) is 0 Å². The highest BCUT2D eigenvalue weighted by molar-refractivity contribution is 5.84. The zero-order valence-corrected chi connectivity index (χ0v) is 13.1. The van der Waals surface area contributed by atoms with Crippen molar-refractivity contribution in [1.82, 2.24) is 10.2 Å². The molecule has 1 saturated heterocycles. The van der Waals surface area contributed by atoms with Crippen LogP contribution in [0.4, 0.5) is 0 Å². The van der Waals surface area contributed by atoms with Gasteiger partial charge in [0.25, 0.3) is 0 Å². The van der Waals surface area contributed by atoms with Gasteiger partial charge in [0.15, 0.2) is 0 Å². The van der Waals surface area contributed by atoms with Crippen LogP contribution < -0.4 is 11.1 Å². The Morgan fingerprint density at radius 2 is 2.14 bits per heavy atom. The summed E-state index contributed by atoms with van der Waals surface area (Å²) in [5, 5.41) is 3.31. The Morgan fingerprint density at radius 1 is 1.43 bits per heavy atom. The first-order valence-electron chi connectivity index (χ1n) is 7.87. The maximum Gasteiger partial charge on any atom is 0.238 e. The van der Waals surface area contributed by atoms with Crippen molar-refractivity contribution >= 4 is 5.91 Å². The molecular weight excluding hydrogens is 262 g/mol. The van der Waals surface area contributed by atoms with Gasteiger partial charge in [-0.2, -0.15) is 0 Å². The summed E-state index contributed by atoms with van der Waals surface area (Å²) in [7, 11) is 0. The molecule has 1 aliphatic rings. The molecule has 3 N–H and O–H groups in total. The average molecular weight is 289 g/mol. The van der Waals surface area contributed by atoms with E-state index in [0.29, 0.717) is 12.5 Å². The number of amides is 1. The van der Waals surface area contributed by atoms with Gasteiger partial charge in [-0.3, -0.25) is 4.79 Å². The second kappa shape index (κ2) is 7.05. The predicted molar refractivity (Wildman–Crippen MR) is 86.1 cm³/mol. The van der Waals surface area contributed by atoms with Gasteiger partial charge in [-0.05, 0) is 44.3 Å². The lowest BCUT2D eigenvalue weighted by Gasteiger charge is -2.32. The van der Waals surface area contributed by atoms with Crippen LogP contribution in [0.5, 0.6) is 0 Å². The molecule has 4 heteroatoms. The van der Waals surface area contributed by atoms with Gasteiger partial charge in [-0.15, -0.1) is 0 Å². The number of carbonyl (C=O) groups is 1. The van der Waals surface area contributed by atoms with Crippen molar-refractivity contribution in [2.45, 2.75) is 38.1 Å². The number of benzene rings is 1. The molecule has 4 nitrogen and oxygen atoms in total. The average Bonchev–Trinajstić information content (AvgIpc) is 2.94. The van der Waals surface area contributed by atoms with Gasteiger partial charge in [0.2, 0.25) is 5.91 Å². The molecule has 1 aliphatic heterocycles. The third-order valence-corrected chi connectivity index (χ3v) is 4.39. The first-order chi connectivity index (χ1) is 10.0. The monoisotopic (exact) mass is 289 g/mol. The van der Waals surface area contributed by atoms with Crippen molar-refractivity contribution in [1.29, 1.82) is 0 Å². The predicted octanol–water partition coefficient (Wildman–Crippen LogP) is 1.72. The fourth-order valence-corrected chi connectivity index (χ4v) is 3.04. The third kappa shape index (κ3) is 4.05. The number of primary amides is 1. The normalized spacial score (nSPS) is 22.1. The molecule has 116 valence electrons. The standard InChI is InChI=1S/C17H27N3O/c1-3-10-19-17(2,16(18)21)13-20-11-9-15(12-20)14-7-5-4-6-8-14/h4-8,15,19H,3,9-13H2,1-2H3,(H2,18,21). The lowest BCUT2D eigenvalue weighted by molar-refractivity contribution is -0.124. The van der Waals surface area contributed by atoms with Gasteiger partial charge in [-0.1, -0.05) is 37.3 Å². The van der Waals surface area contributed by atoms with E-state index in [4.69, 9.17) is 5.73 Å². The highest BCUT2D eigenvalue weighted by atomic mass is 16.1. The van der Waals surface area contributed by atoms with E-state index < -0.39 is 5.54 Å². The molecule has 1 amide bonds. The molecule has 0 aromatic heterocycles. The van der Waals surface area contributed by atoms with E-state index in [2.05, 4.69) is 47.5 Å². The lowest BCUT2D eigenvalue weighted by atomic mass is 9.98. The van der Waals surface area contributed by atoms with E-state index >= 15 is 0 Å².